The van der Waals surface area contributed by atoms with E-state index in [0.717, 1.165) is 0 Å². The van der Waals surface area contributed by atoms with Crippen LogP contribution in [0.25, 0.3) is 11.1 Å². The summed E-state index contributed by atoms with van der Waals surface area (Å²) in [5.41, 5.74) is 7.64. The van der Waals surface area contributed by atoms with Gasteiger partial charge >= 0.3 is 0 Å². The number of hydrogen-bond donors (Lipinski definition) is 0. The van der Waals surface area contributed by atoms with E-state index < -0.39 is 8.07 Å². The van der Waals surface area contributed by atoms with Gasteiger partial charge < -0.3 is 0 Å². The molecule has 0 N–H and O–H groups in total. The van der Waals surface area contributed by atoms with Crippen molar-refractivity contribution in [2.75, 3.05) is 0 Å². The summed E-state index contributed by atoms with van der Waals surface area (Å²) in [6.45, 7) is 5.00. The highest BCUT2D eigenvalue weighted by atomic mass is 28.3. The van der Waals surface area contributed by atoms with Crippen LogP contribution in [0.5, 0.6) is 0 Å². The first-order valence-electron chi connectivity index (χ1n) is 7.82. The molecule has 0 nitrogen and oxygen atoms in total. The normalized spacial score (nSPS) is 21.0. The highest BCUT2D eigenvalue weighted by Gasteiger charge is 2.54. The molecule has 0 radical (unpaired) electrons. The molecule has 2 aliphatic carbocycles. The Morgan fingerprint density at radius 1 is 0.857 bits per heavy atom. The Labute approximate surface area is 126 Å². The van der Waals surface area contributed by atoms with Gasteiger partial charge in [0.05, 0.1) is 0 Å². The second-order valence-corrected chi connectivity index (χ2v) is 11.2. The van der Waals surface area contributed by atoms with Crippen LogP contribution in [-0.2, 0) is 0 Å². The van der Waals surface area contributed by atoms with E-state index in [1.807, 2.05) is 0 Å². The van der Waals surface area contributed by atoms with E-state index in [-0.39, 0.29) is 0 Å². The molecule has 21 heavy (non-hydrogen) atoms. The van der Waals surface area contributed by atoms with Crippen LogP contribution in [0.3, 0.4) is 0 Å². The first kappa shape index (κ1) is 11.8. The van der Waals surface area contributed by atoms with Gasteiger partial charge in [0, 0.05) is 5.92 Å². The predicted molar refractivity (Wildman–Crippen MR) is 90.9 cm³/mol. The van der Waals surface area contributed by atoms with Crippen molar-refractivity contribution in [2.45, 2.75) is 25.4 Å². The van der Waals surface area contributed by atoms with Gasteiger partial charge in [0.25, 0.3) is 0 Å². The smallest absolute Gasteiger partial charge is 0.0809 e. The van der Waals surface area contributed by atoms with Gasteiger partial charge in [0.2, 0.25) is 0 Å². The number of allylic oxidation sites excluding steroid dienone is 4. The van der Waals surface area contributed by atoms with E-state index in [1.165, 1.54) is 28.7 Å². The average molecular weight is 286 g/mol. The first-order chi connectivity index (χ1) is 10.2. The van der Waals surface area contributed by atoms with Crippen molar-refractivity contribution in [1.82, 2.24) is 0 Å². The van der Waals surface area contributed by atoms with Gasteiger partial charge in [-0.25, -0.2) is 0 Å². The summed E-state index contributed by atoms with van der Waals surface area (Å²) in [4.78, 5) is 0. The second kappa shape index (κ2) is 3.66. The third-order valence-corrected chi connectivity index (χ3v) is 8.93. The van der Waals surface area contributed by atoms with Gasteiger partial charge in [0.1, 0.15) is 8.07 Å². The summed E-state index contributed by atoms with van der Waals surface area (Å²) >= 11 is 0. The maximum absolute atomic E-state index is 2.51. The lowest BCUT2D eigenvalue weighted by Gasteiger charge is -2.17. The molecule has 0 spiro atoms. The molecule has 1 saturated heterocycles. The van der Waals surface area contributed by atoms with Gasteiger partial charge in [-0.3, -0.25) is 0 Å². The van der Waals surface area contributed by atoms with Crippen molar-refractivity contribution < 1.29 is 0 Å². The highest BCUT2D eigenvalue weighted by molar-refractivity contribution is 7.06. The minimum absolute atomic E-state index is 0.510. The third-order valence-electron chi connectivity index (χ3n) is 5.53. The third kappa shape index (κ3) is 1.35. The minimum atomic E-state index is -1.14. The minimum Gasteiger partial charge on any atom is -0.0809 e. The Morgan fingerprint density at radius 3 is 1.95 bits per heavy atom. The molecule has 1 fully saturated rings. The number of benzene rings is 2. The molecular weight excluding hydrogens is 268 g/mol. The van der Waals surface area contributed by atoms with Crippen molar-refractivity contribution in [1.29, 1.82) is 0 Å². The first-order valence-corrected chi connectivity index (χ1v) is 10.8. The van der Waals surface area contributed by atoms with Crippen LogP contribution in [-0.4, -0.2) is 8.07 Å². The molecule has 5 rings (SSSR count). The summed E-state index contributed by atoms with van der Waals surface area (Å²) in [7, 11) is -1.14. The molecule has 2 aromatic carbocycles. The number of fused-ring (bicyclic) bond motifs is 4. The number of hydrogen-bond acceptors (Lipinski definition) is 0. The molecule has 0 aromatic heterocycles. The Balaban J connectivity index is 1.77. The van der Waals surface area contributed by atoms with Crippen LogP contribution in [0, 0.1) is 0 Å². The highest BCUT2D eigenvalue weighted by Crippen LogP contribution is 2.60. The molecule has 0 unspecified atom stereocenters. The van der Waals surface area contributed by atoms with Gasteiger partial charge in [0.15, 0.2) is 0 Å². The molecule has 1 heterocycles. The molecule has 3 aliphatic rings. The van der Waals surface area contributed by atoms with Gasteiger partial charge in [-0.15, -0.1) is 0 Å². The van der Waals surface area contributed by atoms with E-state index in [9.17, 15) is 0 Å². The lowest BCUT2D eigenvalue weighted by Crippen LogP contribution is -2.08. The van der Waals surface area contributed by atoms with Crippen LogP contribution in [0.4, 0.5) is 0 Å². The fourth-order valence-electron chi connectivity index (χ4n) is 4.54. The van der Waals surface area contributed by atoms with Crippen molar-refractivity contribution >= 4 is 8.07 Å². The monoisotopic (exact) mass is 286 g/mol. The van der Waals surface area contributed by atoms with Gasteiger partial charge in [-0.2, -0.15) is 0 Å². The largest absolute Gasteiger partial charge is 0.111 e. The summed E-state index contributed by atoms with van der Waals surface area (Å²) in [6.07, 6.45) is 3.69. The van der Waals surface area contributed by atoms with Crippen LogP contribution >= 0.6 is 0 Å². The maximum Gasteiger partial charge on any atom is 0.111 e. The van der Waals surface area contributed by atoms with Crippen molar-refractivity contribution in [2.24, 2.45) is 0 Å². The zero-order chi connectivity index (χ0) is 14.2. The van der Waals surface area contributed by atoms with Crippen LogP contribution in [0.2, 0.25) is 13.1 Å². The lowest BCUT2D eigenvalue weighted by atomic mass is 9.88. The summed E-state index contributed by atoms with van der Waals surface area (Å²) in [5, 5.41) is 3.51. The lowest BCUT2D eigenvalue weighted by molar-refractivity contribution is 0.944. The molecule has 0 atom stereocenters. The van der Waals surface area contributed by atoms with E-state index in [4.69, 9.17) is 0 Å². The zero-order valence-electron chi connectivity index (χ0n) is 12.5. The van der Waals surface area contributed by atoms with Crippen molar-refractivity contribution in [3.05, 3.63) is 81.7 Å². The Morgan fingerprint density at radius 2 is 1.43 bits per heavy atom. The topological polar surface area (TPSA) is 0 Å². The van der Waals surface area contributed by atoms with Crippen molar-refractivity contribution in [3.8, 4) is 11.1 Å². The molecular formula is C20H18Si. The average Bonchev–Trinajstić information content (AvgIpc) is 2.87. The molecule has 0 saturated carbocycles. The molecule has 0 amide bonds. The van der Waals surface area contributed by atoms with Crippen LogP contribution < -0.4 is 0 Å². The summed E-state index contributed by atoms with van der Waals surface area (Å²) < 4.78 is 0. The molecule has 1 aliphatic heterocycles. The molecule has 2 aromatic rings. The van der Waals surface area contributed by atoms with E-state index in [1.54, 1.807) is 16.0 Å². The standard InChI is InChI=1S/C20H18Si/c1-21(2)18-12-11-17(20(18)21)19-15-9-5-3-7-13(15)14-8-4-6-10-16(14)19/h3-10,12,19H,11H2,1-2H3. The Bertz CT molecular complexity index is 806. The van der Waals surface area contributed by atoms with E-state index in [2.05, 4.69) is 67.7 Å². The maximum atomic E-state index is 2.51. The van der Waals surface area contributed by atoms with Crippen LogP contribution in [0.15, 0.2) is 70.6 Å². The summed E-state index contributed by atoms with van der Waals surface area (Å²) in [6, 6.07) is 18.0. The Kier molecular flexibility index (Phi) is 2.05. The SMILES string of the molecule is C[Si]1(C)C2=CCC(C3c4ccccc4-c4ccccc43)=C21. The fourth-order valence-corrected chi connectivity index (χ4v) is 8.21. The number of rotatable bonds is 1. The summed E-state index contributed by atoms with van der Waals surface area (Å²) in [5.74, 6) is 0.510. The fraction of sp³-hybridized carbons (Fsp3) is 0.200. The quantitative estimate of drug-likeness (QED) is 0.630. The molecule has 1 heteroatoms. The Hall–Kier alpha value is -1.86. The second-order valence-electron chi connectivity index (χ2n) is 6.95. The van der Waals surface area contributed by atoms with Crippen molar-refractivity contribution in [3.63, 3.8) is 0 Å². The van der Waals surface area contributed by atoms with E-state index in [0.29, 0.717) is 5.92 Å². The van der Waals surface area contributed by atoms with Crippen LogP contribution in [0.1, 0.15) is 23.5 Å². The van der Waals surface area contributed by atoms with Gasteiger partial charge in [-0.05, 0) is 28.7 Å². The molecule has 0 bridgehead atoms. The van der Waals surface area contributed by atoms with E-state index >= 15 is 0 Å². The zero-order valence-corrected chi connectivity index (χ0v) is 13.5. The molecule has 102 valence electrons. The predicted octanol–water partition coefficient (Wildman–Crippen LogP) is 5.23. The van der Waals surface area contributed by atoms with Gasteiger partial charge in [-0.1, -0.05) is 83.7 Å².